The van der Waals surface area contributed by atoms with E-state index < -0.39 is 0 Å². The molecule has 3 fully saturated rings. The molecule has 1 saturated heterocycles. The fraction of sp³-hybridized carbons (Fsp3) is 0.786. The van der Waals surface area contributed by atoms with Gasteiger partial charge in [-0.2, -0.15) is 0 Å². The molecular formula is C14H18O2. The Morgan fingerprint density at radius 2 is 2.25 bits per heavy atom. The quantitative estimate of drug-likeness (QED) is 0.461. The maximum atomic E-state index is 12.4. The number of carbonyl (C=O) groups excluding carboxylic acids is 1. The minimum Gasteiger partial charge on any atom is -0.369 e. The highest BCUT2D eigenvalue weighted by Crippen LogP contribution is 2.57. The van der Waals surface area contributed by atoms with Gasteiger partial charge in [-0.05, 0) is 37.0 Å². The SMILES string of the molecule is CC1C2OC2CC2C3CCC=CC3C(=O)C12. The summed E-state index contributed by atoms with van der Waals surface area (Å²) in [5.74, 6) is 2.81. The summed E-state index contributed by atoms with van der Waals surface area (Å²) in [6, 6.07) is 0. The Kier molecular flexibility index (Phi) is 1.75. The van der Waals surface area contributed by atoms with E-state index in [1.807, 2.05) is 0 Å². The number of hydrogen-bond acceptors (Lipinski definition) is 2. The second-order valence-corrected chi connectivity index (χ2v) is 6.02. The van der Waals surface area contributed by atoms with E-state index >= 15 is 0 Å². The Labute approximate surface area is 96.0 Å². The summed E-state index contributed by atoms with van der Waals surface area (Å²) in [5, 5.41) is 0. The van der Waals surface area contributed by atoms with Gasteiger partial charge < -0.3 is 4.74 Å². The normalized spacial score (nSPS) is 57.8. The van der Waals surface area contributed by atoms with Gasteiger partial charge in [0, 0.05) is 11.8 Å². The van der Waals surface area contributed by atoms with Crippen LogP contribution in [0.4, 0.5) is 0 Å². The molecule has 2 saturated carbocycles. The topological polar surface area (TPSA) is 29.6 Å². The Morgan fingerprint density at radius 1 is 1.38 bits per heavy atom. The fourth-order valence-electron chi connectivity index (χ4n) is 4.59. The minimum absolute atomic E-state index is 0.253. The molecule has 3 aliphatic carbocycles. The van der Waals surface area contributed by atoms with Gasteiger partial charge in [-0.15, -0.1) is 0 Å². The first kappa shape index (κ1) is 9.41. The Hall–Kier alpha value is -0.630. The zero-order valence-corrected chi connectivity index (χ0v) is 9.63. The van der Waals surface area contributed by atoms with Crippen LogP contribution >= 0.6 is 0 Å². The first-order valence-electron chi connectivity index (χ1n) is 6.63. The van der Waals surface area contributed by atoms with Crippen LogP contribution in [0, 0.1) is 29.6 Å². The van der Waals surface area contributed by atoms with Crippen LogP contribution in [-0.4, -0.2) is 18.0 Å². The Balaban J connectivity index is 1.72. The molecule has 1 aliphatic heterocycles. The van der Waals surface area contributed by atoms with Gasteiger partial charge in [0.25, 0.3) is 0 Å². The van der Waals surface area contributed by atoms with Gasteiger partial charge in [0.05, 0.1) is 12.2 Å². The Morgan fingerprint density at radius 3 is 3.12 bits per heavy atom. The number of hydrogen-bond donors (Lipinski definition) is 0. The maximum absolute atomic E-state index is 12.4. The maximum Gasteiger partial charge on any atom is 0.143 e. The second kappa shape index (κ2) is 2.98. The van der Waals surface area contributed by atoms with E-state index in [1.165, 1.54) is 12.8 Å². The summed E-state index contributed by atoms with van der Waals surface area (Å²) in [6.45, 7) is 2.22. The number of ketones is 1. The number of epoxide rings is 1. The van der Waals surface area contributed by atoms with Gasteiger partial charge in [0.1, 0.15) is 5.78 Å². The van der Waals surface area contributed by atoms with E-state index in [0.29, 0.717) is 41.7 Å². The summed E-state index contributed by atoms with van der Waals surface area (Å²) in [5.41, 5.74) is 0. The van der Waals surface area contributed by atoms with E-state index in [2.05, 4.69) is 19.1 Å². The molecule has 4 rings (SSSR count). The summed E-state index contributed by atoms with van der Waals surface area (Å²) in [7, 11) is 0. The van der Waals surface area contributed by atoms with Crippen molar-refractivity contribution >= 4 is 5.78 Å². The monoisotopic (exact) mass is 218 g/mol. The van der Waals surface area contributed by atoms with E-state index in [1.54, 1.807) is 0 Å². The highest BCUT2D eigenvalue weighted by molar-refractivity contribution is 5.88. The lowest BCUT2D eigenvalue weighted by atomic mass is 9.71. The fourth-order valence-corrected chi connectivity index (χ4v) is 4.59. The molecule has 16 heavy (non-hydrogen) atoms. The molecule has 0 radical (unpaired) electrons. The number of Topliss-reactive ketones (excluding diaryl/α,β-unsaturated/α-hetero) is 1. The van der Waals surface area contributed by atoms with Crippen LogP contribution in [0.15, 0.2) is 12.2 Å². The number of carbonyl (C=O) groups is 1. The van der Waals surface area contributed by atoms with Crippen molar-refractivity contribution in [2.24, 2.45) is 29.6 Å². The number of allylic oxidation sites excluding steroid dienone is 2. The third kappa shape index (κ3) is 1.04. The molecule has 0 spiro atoms. The third-order valence-corrected chi connectivity index (χ3v) is 5.35. The summed E-state index contributed by atoms with van der Waals surface area (Å²) in [4.78, 5) is 12.4. The van der Waals surface area contributed by atoms with E-state index in [9.17, 15) is 4.79 Å². The predicted molar refractivity (Wildman–Crippen MR) is 59.8 cm³/mol. The van der Waals surface area contributed by atoms with Gasteiger partial charge in [0.15, 0.2) is 0 Å². The number of ether oxygens (including phenoxy) is 1. The molecular weight excluding hydrogens is 200 g/mol. The van der Waals surface area contributed by atoms with Crippen LogP contribution in [-0.2, 0) is 9.53 Å². The molecule has 0 N–H and O–H groups in total. The average Bonchev–Trinajstić information content (AvgIpc) is 3.02. The van der Waals surface area contributed by atoms with E-state index in [4.69, 9.17) is 4.74 Å². The molecule has 0 aromatic carbocycles. The molecule has 86 valence electrons. The van der Waals surface area contributed by atoms with Gasteiger partial charge in [-0.25, -0.2) is 0 Å². The zero-order valence-electron chi connectivity index (χ0n) is 9.63. The smallest absolute Gasteiger partial charge is 0.143 e. The largest absolute Gasteiger partial charge is 0.369 e. The van der Waals surface area contributed by atoms with Crippen molar-refractivity contribution in [3.63, 3.8) is 0 Å². The molecule has 0 bridgehead atoms. The second-order valence-electron chi connectivity index (χ2n) is 6.02. The lowest BCUT2D eigenvalue weighted by Crippen LogP contribution is -2.33. The van der Waals surface area contributed by atoms with Gasteiger partial charge in [-0.3, -0.25) is 4.79 Å². The van der Waals surface area contributed by atoms with Crippen LogP contribution < -0.4 is 0 Å². The average molecular weight is 218 g/mol. The van der Waals surface area contributed by atoms with Crippen LogP contribution in [0.1, 0.15) is 26.2 Å². The molecule has 4 aliphatic rings. The van der Waals surface area contributed by atoms with Crippen molar-refractivity contribution in [3.8, 4) is 0 Å². The van der Waals surface area contributed by atoms with Crippen molar-refractivity contribution in [2.45, 2.75) is 38.4 Å². The molecule has 1 heterocycles. The standard InChI is InChI=1S/C14H18O2/c1-7-12-10(6-11-14(7)16-11)8-4-2-3-5-9(8)13(12)15/h3,5,7-12,14H,2,4,6H2,1H3. The molecule has 7 atom stereocenters. The van der Waals surface area contributed by atoms with Crippen molar-refractivity contribution in [1.29, 1.82) is 0 Å². The lowest BCUT2D eigenvalue weighted by molar-refractivity contribution is -0.125. The van der Waals surface area contributed by atoms with E-state index in [-0.39, 0.29) is 5.92 Å². The van der Waals surface area contributed by atoms with Crippen LogP contribution in [0.5, 0.6) is 0 Å². The molecule has 0 amide bonds. The summed E-state index contributed by atoms with van der Waals surface area (Å²) in [6.07, 6.45) is 8.84. The molecule has 0 aromatic heterocycles. The van der Waals surface area contributed by atoms with Crippen LogP contribution in [0.25, 0.3) is 0 Å². The first-order valence-corrected chi connectivity index (χ1v) is 6.63. The van der Waals surface area contributed by atoms with Crippen molar-refractivity contribution in [1.82, 2.24) is 0 Å². The molecule has 0 aromatic rings. The first-order chi connectivity index (χ1) is 7.77. The minimum atomic E-state index is 0.253. The lowest BCUT2D eigenvalue weighted by Gasteiger charge is -2.31. The molecule has 7 unspecified atom stereocenters. The molecule has 2 nitrogen and oxygen atoms in total. The van der Waals surface area contributed by atoms with Gasteiger partial charge >= 0.3 is 0 Å². The predicted octanol–water partition coefficient (Wildman–Crippen LogP) is 2.19. The highest BCUT2D eigenvalue weighted by atomic mass is 16.6. The van der Waals surface area contributed by atoms with Gasteiger partial charge in [0.2, 0.25) is 0 Å². The summed E-state index contributed by atoms with van der Waals surface area (Å²) >= 11 is 0. The van der Waals surface area contributed by atoms with Crippen LogP contribution in [0.2, 0.25) is 0 Å². The van der Waals surface area contributed by atoms with Gasteiger partial charge in [-0.1, -0.05) is 19.1 Å². The van der Waals surface area contributed by atoms with Crippen molar-refractivity contribution in [2.75, 3.05) is 0 Å². The number of fused-ring (bicyclic) bond motifs is 4. The number of rotatable bonds is 0. The zero-order chi connectivity index (χ0) is 10.9. The van der Waals surface area contributed by atoms with Crippen molar-refractivity contribution in [3.05, 3.63) is 12.2 Å². The van der Waals surface area contributed by atoms with E-state index in [0.717, 1.165) is 6.42 Å². The van der Waals surface area contributed by atoms with Crippen molar-refractivity contribution < 1.29 is 9.53 Å². The highest BCUT2D eigenvalue weighted by Gasteiger charge is 2.61. The third-order valence-electron chi connectivity index (χ3n) is 5.35. The molecule has 2 heteroatoms. The summed E-state index contributed by atoms with van der Waals surface area (Å²) < 4.78 is 5.68. The Bertz CT molecular complexity index is 373. The van der Waals surface area contributed by atoms with Crippen LogP contribution in [0.3, 0.4) is 0 Å².